The van der Waals surface area contributed by atoms with Gasteiger partial charge in [-0.25, -0.2) is 4.79 Å². The molecule has 2 nitrogen and oxygen atoms in total. The highest BCUT2D eigenvalue weighted by Gasteiger charge is 2.31. The molecular formula is C28H36O2. The Labute approximate surface area is 182 Å². The molecule has 30 heavy (non-hydrogen) atoms. The summed E-state index contributed by atoms with van der Waals surface area (Å²) in [7, 11) is 0. The molecule has 0 unspecified atom stereocenters. The molecule has 0 fully saturated rings. The van der Waals surface area contributed by atoms with Crippen molar-refractivity contribution in [3.05, 3.63) is 71.8 Å². The van der Waals surface area contributed by atoms with E-state index in [1.165, 1.54) is 51.4 Å². The fourth-order valence-corrected chi connectivity index (χ4v) is 4.35. The Hall–Kier alpha value is -2.35. The van der Waals surface area contributed by atoms with Crippen LogP contribution in [0, 0.1) is 0 Å². The monoisotopic (exact) mass is 404 g/mol. The molecule has 0 radical (unpaired) electrons. The number of benzene rings is 2. The van der Waals surface area contributed by atoms with Crippen molar-refractivity contribution < 1.29 is 9.53 Å². The van der Waals surface area contributed by atoms with Crippen molar-refractivity contribution in [1.82, 2.24) is 0 Å². The van der Waals surface area contributed by atoms with Gasteiger partial charge in [0.1, 0.15) is 0 Å². The molecule has 2 aromatic carbocycles. The van der Waals surface area contributed by atoms with Gasteiger partial charge < -0.3 is 4.74 Å². The normalized spacial score (nSPS) is 12.4. The van der Waals surface area contributed by atoms with E-state index in [-0.39, 0.29) is 12.1 Å². The van der Waals surface area contributed by atoms with Crippen molar-refractivity contribution in [2.45, 2.75) is 83.7 Å². The number of fused-ring (bicyclic) bond motifs is 3. The van der Waals surface area contributed by atoms with Gasteiger partial charge >= 0.3 is 5.97 Å². The van der Waals surface area contributed by atoms with Gasteiger partial charge in [-0.2, -0.15) is 0 Å². The summed E-state index contributed by atoms with van der Waals surface area (Å²) in [5, 5.41) is 0. The standard InChI is InChI=1S/C28H36O2/c1-3-4-5-6-7-8-9-10-11-12-17-22(2)28(29)30-27-25-20-15-13-18-23(25)24-19-14-16-21-26(24)27/h13-16,18-21,27H,2-12,17H2,1H3. The van der Waals surface area contributed by atoms with E-state index in [9.17, 15) is 4.79 Å². The predicted molar refractivity (Wildman–Crippen MR) is 125 cm³/mol. The lowest BCUT2D eigenvalue weighted by molar-refractivity contribution is -0.142. The Morgan fingerprint density at radius 3 is 1.77 bits per heavy atom. The second-order valence-electron chi connectivity index (χ2n) is 8.50. The first-order valence-electron chi connectivity index (χ1n) is 11.8. The lowest BCUT2D eigenvalue weighted by Crippen LogP contribution is -2.12. The van der Waals surface area contributed by atoms with E-state index in [4.69, 9.17) is 4.74 Å². The van der Waals surface area contributed by atoms with Crippen LogP contribution in [-0.2, 0) is 9.53 Å². The van der Waals surface area contributed by atoms with Crippen LogP contribution in [0.5, 0.6) is 0 Å². The number of carbonyl (C=O) groups is 1. The van der Waals surface area contributed by atoms with Crippen LogP contribution in [0.2, 0.25) is 0 Å². The number of carbonyl (C=O) groups excluding carboxylic acids is 1. The number of unbranched alkanes of at least 4 members (excludes halogenated alkanes) is 9. The molecule has 0 saturated heterocycles. The molecule has 2 aromatic rings. The summed E-state index contributed by atoms with van der Waals surface area (Å²) >= 11 is 0. The molecule has 0 heterocycles. The first-order valence-corrected chi connectivity index (χ1v) is 11.8. The lowest BCUT2D eigenvalue weighted by atomic mass is 10.0. The second kappa shape index (κ2) is 11.7. The van der Waals surface area contributed by atoms with Crippen molar-refractivity contribution in [2.24, 2.45) is 0 Å². The second-order valence-corrected chi connectivity index (χ2v) is 8.50. The van der Waals surface area contributed by atoms with Gasteiger partial charge in [0.15, 0.2) is 6.10 Å². The van der Waals surface area contributed by atoms with Crippen LogP contribution in [0.4, 0.5) is 0 Å². The van der Waals surface area contributed by atoms with E-state index in [1.807, 2.05) is 24.3 Å². The molecule has 0 N–H and O–H groups in total. The molecule has 0 saturated carbocycles. The molecule has 160 valence electrons. The smallest absolute Gasteiger partial charge is 0.334 e. The molecule has 1 aliphatic rings. The Kier molecular flexibility index (Phi) is 8.74. The van der Waals surface area contributed by atoms with Crippen molar-refractivity contribution in [1.29, 1.82) is 0 Å². The maximum atomic E-state index is 12.7. The number of ether oxygens (including phenoxy) is 1. The molecule has 0 aromatic heterocycles. The largest absolute Gasteiger partial charge is 0.449 e. The fraction of sp³-hybridized carbons (Fsp3) is 0.464. The minimum absolute atomic E-state index is 0.262. The number of rotatable bonds is 13. The average Bonchev–Trinajstić information content (AvgIpc) is 3.09. The van der Waals surface area contributed by atoms with Crippen molar-refractivity contribution in [3.8, 4) is 11.1 Å². The van der Waals surface area contributed by atoms with Crippen LogP contribution >= 0.6 is 0 Å². The van der Waals surface area contributed by atoms with Gasteiger partial charge in [0.05, 0.1) is 0 Å². The van der Waals surface area contributed by atoms with Crippen LogP contribution < -0.4 is 0 Å². The van der Waals surface area contributed by atoms with E-state index in [0.29, 0.717) is 5.57 Å². The zero-order valence-corrected chi connectivity index (χ0v) is 18.5. The molecule has 0 atom stereocenters. The van der Waals surface area contributed by atoms with Crippen LogP contribution in [0.25, 0.3) is 11.1 Å². The van der Waals surface area contributed by atoms with Gasteiger partial charge in [-0.05, 0) is 24.0 Å². The summed E-state index contributed by atoms with van der Waals surface area (Å²) < 4.78 is 5.93. The number of hydrogen-bond donors (Lipinski definition) is 0. The molecule has 0 amide bonds. The minimum Gasteiger partial charge on any atom is -0.449 e. The highest BCUT2D eigenvalue weighted by molar-refractivity contribution is 5.89. The SMILES string of the molecule is C=C(CCCCCCCCCCCC)C(=O)OC1c2ccccc2-c2ccccc21. The third-order valence-corrected chi connectivity index (χ3v) is 6.12. The van der Waals surface area contributed by atoms with Gasteiger partial charge in [-0.15, -0.1) is 0 Å². The van der Waals surface area contributed by atoms with Crippen molar-refractivity contribution in [3.63, 3.8) is 0 Å². The van der Waals surface area contributed by atoms with Gasteiger partial charge in [0.25, 0.3) is 0 Å². The van der Waals surface area contributed by atoms with Crippen LogP contribution in [0.1, 0.15) is 94.8 Å². The highest BCUT2D eigenvalue weighted by atomic mass is 16.5. The van der Waals surface area contributed by atoms with Gasteiger partial charge in [0.2, 0.25) is 0 Å². The first-order chi connectivity index (χ1) is 14.7. The van der Waals surface area contributed by atoms with Crippen molar-refractivity contribution in [2.75, 3.05) is 0 Å². The summed E-state index contributed by atoms with van der Waals surface area (Å²) in [6.45, 7) is 6.27. The lowest BCUT2D eigenvalue weighted by Gasteiger charge is -2.16. The predicted octanol–water partition coefficient (Wildman–Crippen LogP) is 8.17. The Morgan fingerprint density at radius 2 is 1.23 bits per heavy atom. The first kappa shape index (κ1) is 22.3. The molecule has 0 bridgehead atoms. The van der Waals surface area contributed by atoms with Gasteiger partial charge in [-0.3, -0.25) is 0 Å². The zero-order chi connectivity index (χ0) is 21.2. The molecule has 0 spiro atoms. The number of hydrogen-bond acceptors (Lipinski definition) is 2. The van der Waals surface area contributed by atoms with Crippen molar-refractivity contribution >= 4 is 5.97 Å². The molecule has 2 heteroatoms. The third-order valence-electron chi connectivity index (χ3n) is 6.12. The van der Waals surface area contributed by atoms with E-state index in [1.54, 1.807) is 0 Å². The average molecular weight is 405 g/mol. The summed E-state index contributed by atoms with van der Waals surface area (Å²) in [6, 6.07) is 16.4. The Balaban J connectivity index is 1.40. The fourth-order valence-electron chi connectivity index (χ4n) is 4.35. The van der Waals surface area contributed by atoms with E-state index >= 15 is 0 Å². The zero-order valence-electron chi connectivity index (χ0n) is 18.5. The van der Waals surface area contributed by atoms with E-state index < -0.39 is 0 Å². The summed E-state index contributed by atoms with van der Waals surface area (Å²) in [5.41, 5.74) is 5.05. The van der Waals surface area contributed by atoms with Crippen LogP contribution in [0.3, 0.4) is 0 Å². The minimum atomic E-state index is -0.325. The van der Waals surface area contributed by atoms with Crippen LogP contribution in [0.15, 0.2) is 60.7 Å². The van der Waals surface area contributed by atoms with Crippen LogP contribution in [-0.4, -0.2) is 5.97 Å². The molecule has 1 aliphatic carbocycles. The topological polar surface area (TPSA) is 26.3 Å². The Bertz CT molecular complexity index is 791. The molecular weight excluding hydrogens is 368 g/mol. The maximum Gasteiger partial charge on any atom is 0.334 e. The molecule has 3 rings (SSSR count). The van der Waals surface area contributed by atoms with Gasteiger partial charge in [0, 0.05) is 16.7 Å². The van der Waals surface area contributed by atoms with E-state index in [2.05, 4.69) is 37.8 Å². The van der Waals surface area contributed by atoms with E-state index in [0.717, 1.165) is 41.5 Å². The quantitative estimate of drug-likeness (QED) is 0.191. The highest BCUT2D eigenvalue weighted by Crippen LogP contribution is 2.45. The maximum absolute atomic E-state index is 12.7. The molecule has 0 aliphatic heterocycles. The van der Waals surface area contributed by atoms with Gasteiger partial charge in [-0.1, -0.05) is 120 Å². The third kappa shape index (κ3) is 5.84. The summed E-state index contributed by atoms with van der Waals surface area (Å²) in [6.07, 6.45) is 13.3. The summed E-state index contributed by atoms with van der Waals surface area (Å²) in [4.78, 5) is 12.7. The summed E-state index contributed by atoms with van der Waals surface area (Å²) in [5.74, 6) is -0.262. The Morgan fingerprint density at radius 1 is 0.767 bits per heavy atom. The number of esters is 1.